The molecule has 0 saturated carbocycles. The van der Waals surface area contributed by atoms with Crippen molar-refractivity contribution >= 4 is 11.6 Å². The molecule has 1 rings (SSSR count). The molecular formula is C15H19N3O. The van der Waals surface area contributed by atoms with Crippen molar-refractivity contribution in [3.8, 4) is 12.1 Å². The second-order valence-electron chi connectivity index (χ2n) is 3.77. The summed E-state index contributed by atoms with van der Waals surface area (Å²) in [5, 5.41) is 19.6. The zero-order chi connectivity index (χ0) is 14.7. The minimum Gasteiger partial charge on any atom is -0.325 e. The number of hydrogen-bond donors (Lipinski definition) is 1. The third kappa shape index (κ3) is 6.24. The number of nitrogens with one attached hydrogen (secondary N) is 1. The summed E-state index contributed by atoms with van der Waals surface area (Å²) >= 11 is 0. The van der Waals surface area contributed by atoms with E-state index in [1.165, 1.54) is 0 Å². The number of carbonyl (C=O) groups excluding carboxylic acids is 1. The zero-order valence-electron chi connectivity index (χ0n) is 11.6. The van der Waals surface area contributed by atoms with Crippen LogP contribution < -0.4 is 5.32 Å². The van der Waals surface area contributed by atoms with Gasteiger partial charge in [0.05, 0.1) is 12.1 Å². The van der Waals surface area contributed by atoms with Crippen LogP contribution in [0.2, 0.25) is 0 Å². The third-order valence-electron chi connectivity index (χ3n) is 2.38. The van der Waals surface area contributed by atoms with Gasteiger partial charge in [-0.05, 0) is 23.6 Å². The van der Waals surface area contributed by atoms with E-state index in [1.54, 1.807) is 12.1 Å². The molecule has 0 aliphatic heterocycles. The molecule has 0 radical (unpaired) electrons. The summed E-state index contributed by atoms with van der Waals surface area (Å²) in [4.78, 5) is 11.2. The van der Waals surface area contributed by atoms with Gasteiger partial charge < -0.3 is 5.32 Å². The summed E-state index contributed by atoms with van der Waals surface area (Å²) in [5.41, 5.74) is 1.66. The molecule has 0 fully saturated rings. The Bertz CT molecular complexity index is 483. The smallest absolute Gasteiger partial charge is 0.238 e. The molecule has 1 atom stereocenters. The lowest BCUT2D eigenvalue weighted by atomic mass is 9.98. The number of amides is 1. The van der Waals surface area contributed by atoms with Gasteiger partial charge in [0.2, 0.25) is 5.91 Å². The molecule has 0 aliphatic carbocycles. The van der Waals surface area contributed by atoms with Crippen molar-refractivity contribution in [2.75, 3.05) is 5.32 Å². The largest absolute Gasteiger partial charge is 0.325 e. The summed E-state index contributed by atoms with van der Waals surface area (Å²) in [6.45, 7) is 5.96. The number of nitrogens with zero attached hydrogens (tertiary/aromatic N) is 2. The highest BCUT2D eigenvalue weighted by Crippen LogP contribution is 2.21. The molecule has 0 heterocycles. The van der Waals surface area contributed by atoms with Gasteiger partial charge in [-0.25, -0.2) is 0 Å². The van der Waals surface area contributed by atoms with E-state index in [0.717, 1.165) is 5.56 Å². The van der Waals surface area contributed by atoms with Crippen LogP contribution in [-0.4, -0.2) is 5.91 Å². The minimum atomic E-state index is -0.322. The Morgan fingerprint density at radius 1 is 1.32 bits per heavy atom. The molecule has 4 nitrogen and oxygen atoms in total. The van der Waals surface area contributed by atoms with E-state index in [9.17, 15) is 4.79 Å². The van der Waals surface area contributed by atoms with E-state index >= 15 is 0 Å². The van der Waals surface area contributed by atoms with Crippen LogP contribution in [0.1, 0.15) is 45.1 Å². The van der Waals surface area contributed by atoms with Gasteiger partial charge in [0, 0.05) is 12.1 Å². The standard InChI is InChI=1S/C13H13N3O.C2H6/c1-10(5-7-14)11-3-2-4-12(9-11)16-13(17)6-8-15;1-2/h2-4,9-10H,5-6H2,1H3,(H,16,17);1-2H3. The Morgan fingerprint density at radius 2 is 2.00 bits per heavy atom. The fourth-order valence-corrected chi connectivity index (χ4v) is 1.45. The molecule has 19 heavy (non-hydrogen) atoms. The summed E-state index contributed by atoms with van der Waals surface area (Å²) in [6.07, 6.45) is 0.285. The monoisotopic (exact) mass is 257 g/mol. The zero-order valence-corrected chi connectivity index (χ0v) is 11.6. The lowest BCUT2D eigenvalue weighted by molar-refractivity contribution is -0.115. The SMILES string of the molecule is CC.CC(CC#N)c1cccc(NC(=O)CC#N)c1. The van der Waals surface area contributed by atoms with E-state index in [0.29, 0.717) is 12.1 Å². The number of nitriles is 2. The van der Waals surface area contributed by atoms with E-state index < -0.39 is 0 Å². The Hall–Kier alpha value is -2.33. The highest BCUT2D eigenvalue weighted by atomic mass is 16.1. The fraction of sp³-hybridized carbons (Fsp3) is 0.400. The highest BCUT2D eigenvalue weighted by molar-refractivity contribution is 5.92. The van der Waals surface area contributed by atoms with Crippen LogP contribution in [0, 0.1) is 22.7 Å². The maximum Gasteiger partial charge on any atom is 0.238 e. The first-order valence-electron chi connectivity index (χ1n) is 6.31. The van der Waals surface area contributed by atoms with Crippen molar-refractivity contribution in [2.24, 2.45) is 0 Å². The lowest BCUT2D eigenvalue weighted by Gasteiger charge is -2.10. The molecule has 0 aliphatic rings. The second-order valence-corrected chi connectivity index (χ2v) is 3.77. The first-order valence-corrected chi connectivity index (χ1v) is 6.31. The number of benzene rings is 1. The fourth-order valence-electron chi connectivity index (χ4n) is 1.45. The third-order valence-corrected chi connectivity index (χ3v) is 2.38. The molecule has 100 valence electrons. The average molecular weight is 257 g/mol. The van der Waals surface area contributed by atoms with Gasteiger partial charge in [0.1, 0.15) is 6.42 Å². The van der Waals surface area contributed by atoms with Crippen LogP contribution in [-0.2, 0) is 4.79 Å². The van der Waals surface area contributed by atoms with Gasteiger partial charge in [-0.15, -0.1) is 0 Å². The van der Waals surface area contributed by atoms with Gasteiger partial charge in [0.25, 0.3) is 0 Å². The Kier molecular flexibility index (Phi) is 8.49. The van der Waals surface area contributed by atoms with Crippen molar-refractivity contribution in [3.63, 3.8) is 0 Å². The molecular weight excluding hydrogens is 238 g/mol. The number of rotatable bonds is 4. The highest BCUT2D eigenvalue weighted by Gasteiger charge is 2.07. The molecule has 0 saturated heterocycles. The predicted octanol–water partition coefficient (Wildman–Crippen LogP) is 3.58. The molecule has 1 unspecified atom stereocenters. The van der Waals surface area contributed by atoms with E-state index in [2.05, 4.69) is 11.4 Å². The maximum atomic E-state index is 11.2. The molecule has 1 amide bonds. The number of hydrogen-bond acceptors (Lipinski definition) is 3. The minimum absolute atomic E-state index is 0.132. The van der Waals surface area contributed by atoms with Crippen LogP contribution in [0.25, 0.3) is 0 Å². The average Bonchev–Trinajstić information content (AvgIpc) is 2.42. The van der Waals surface area contributed by atoms with Crippen LogP contribution in [0.15, 0.2) is 24.3 Å². The van der Waals surface area contributed by atoms with Crippen LogP contribution in [0.3, 0.4) is 0 Å². The number of carbonyl (C=O) groups is 1. The second kappa shape index (κ2) is 9.67. The Balaban J connectivity index is 0.00000154. The maximum absolute atomic E-state index is 11.2. The molecule has 0 spiro atoms. The predicted molar refractivity (Wildman–Crippen MR) is 75.3 cm³/mol. The Morgan fingerprint density at radius 3 is 2.58 bits per heavy atom. The van der Waals surface area contributed by atoms with Gasteiger partial charge in [-0.1, -0.05) is 32.9 Å². The summed E-state index contributed by atoms with van der Waals surface area (Å²) in [6, 6.07) is 11.2. The van der Waals surface area contributed by atoms with Gasteiger partial charge in [-0.3, -0.25) is 4.79 Å². The first kappa shape index (κ1) is 16.7. The van der Waals surface area contributed by atoms with E-state index in [1.807, 2.05) is 39.0 Å². The quantitative estimate of drug-likeness (QED) is 0.895. The molecule has 1 aromatic rings. The van der Waals surface area contributed by atoms with Crippen molar-refractivity contribution in [3.05, 3.63) is 29.8 Å². The van der Waals surface area contributed by atoms with Crippen molar-refractivity contribution in [1.29, 1.82) is 10.5 Å². The van der Waals surface area contributed by atoms with Crippen molar-refractivity contribution in [1.82, 2.24) is 0 Å². The number of anilines is 1. The van der Waals surface area contributed by atoms with E-state index in [-0.39, 0.29) is 18.2 Å². The van der Waals surface area contributed by atoms with E-state index in [4.69, 9.17) is 10.5 Å². The van der Waals surface area contributed by atoms with Gasteiger partial charge in [-0.2, -0.15) is 10.5 Å². The van der Waals surface area contributed by atoms with Crippen molar-refractivity contribution in [2.45, 2.75) is 39.5 Å². The topological polar surface area (TPSA) is 76.7 Å². The molecule has 1 aromatic carbocycles. The van der Waals surface area contributed by atoms with Gasteiger partial charge in [0.15, 0.2) is 0 Å². The molecule has 0 bridgehead atoms. The first-order chi connectivity index (χ1) is 9.17. The summed E-state index contributed by atoms with van der Waals surface area (Å²) in [7, 11) is 0. The molecule has 0 aromatic heterocycles. The van der Waals surface area contributed by atoms with Crippen LogP contribution in [0.5, 0.6) is 0 Å². The van der Waals surface area contributed by atoms with Crippen LogP contribution in [0.4, 0.5) is 5.69 Å². The summed E-state index contributed by atoms with van der Waals surface area (Å²) in [5.74, 6) is -0.189. The lowest BCUT2D eigenvalue weighted by Crippen LogP contribution is -2.10. The molecule has 1 N–H and O–H groups in total. The molecule has 4 heteroatoms. The van der Waals surface area contributed by atoms with Crippen molar-refractivity contribution < 1.29 is 4.79 Å². The van der Waals surface area contributed by atoms with Gasteiger partial charge >= 0.3 is 0 Å². The Labute approximate surface area is 114 Å². The summed E-state index contributed by atoms with van der Waals surface area (Å²) < 4.78 is 0. The normalized spacial score (nSPS) is 10.2. The van der Waals surface area contributed by atoms with Crippen LogP contribution >= 0.6 is 0 Å².